The van der Waals surface area contributed by atoms with Crippen LogP contribution in [0.5, 0.6) is 0 Å². The van der Waals surface area contributed by atoms with Crippen LogP contribution >= 0.6 is 0 Å². The first-order valence-corrected chi connectivity index (χ1v) is 8.05. The second-order valence-corrected chi connectivity index (χ2v) is 6.18. The third kappa shape index (κ3) is 5.18. The summed E-state index contributed by atoms with van der Waals surface area (Å²) in [6.07, 6.45) is 4.17. The number of rotatable bonds is 7. The number of nitrogens with two attached hydrogens (primary N) is 1. The van der Waals surface area contributed by atoms with Crippen molar-refractivity contribution in [3.63, 3.8) is 0 Å². The summed E-state index contributed by atoms with van der Waals surface area (Å²) in [5.74, 6) is 0.532. The summed E-state index contributed by atoms with van der Waals surface area (Å²) in [4.78, 5) is 16.4. The fourth-order valence-corrected chi connectivity index (χ4v) is 2.64. The number of amides is 1. The molecule has 122 valence electrons. The van der Waals surface area contributed by atoms with Gasteiger partial charge in [0.2, 0.25) is 5.91 Å². The molecule has 4 heteroatoms. The van der Waals surface area contributed by atoms with E-state index in [4.69, 9.17) is 5.73 Å². The van der Waals surface area contributed by atoms with Crippen molar-refractivity contribution in [3.8, 4) is 0 Å². The molecule has 1 aromatic heterocycles. The van der Waals surface area contributed by atoms with Crippen LogP contribution in [0, 0.1) is 5.92 Å². The minimum Gasteiger partial charge on any atom is -0.354 e. The number of nitrogens with zero attached hydrogens (tertiary/aromatic N) is 1. The largest absolute Gasteiger partial charge is 0.354 e. The Labute approximate surface area is 138 Å². The van der Waals surface area contributed by atoms with Crippen molar-refractivity contribution in [2.75, 3.05) is 6.54 Å². The first kappa shape index (κ1) is 17.2. The van der Waals surface area contributed by atoms with Crippen LogP contribution in [-0.2, 0) is 11.2 Å². The zero-order chi connectivity index (χ0) is 16.7. The Balaban J connectivity index is 1.91. The topological polar surface area (TPSA) is 68.0 Å². The minimum absolute atomic E-state index is 0.108. The highest BCUT2D eigenvalue weighted by Crippen LogP contribution is 2.22. The summed E-state index contributed by atoms with van der Waals surface area (Å²) < 4.78 is 0. The minimum atomic E-state index is -0.529. The molecule has 1 aromatic carbocycles. The highest BCUT2D eigenvalue weighted by atomic mass is 16.2. The smallest absolute Gasteiger partial charge is 0.237 e. The van der Waals surface area contributed by atoms with E-state index in [-0.39, 0.29) is 11.8 Å². The molecule has 0 fully saturated rings. The quantitative estimate of drug-likeness (QED) is 0.825. The van der Waals surface area contributed by atoms with Crippen molar-refractivity contribution in [1.82, 2.24) is 10.3 Å². The summed E-state index contributed by atoms with van der Waals surface area (Å²) in [5.41, 5.74) is 8.24. The maximum absolute atomic E-state index is 12.3. The van der Waals surface area contributed by atoms with Gasteiger partial charge < -0.3 is 11.1 Å². The standard InChI is InChI=1S/C19H25N3O/c1-14(2)17(16-9-6-10-21-12-16)13-22-19(23)18(20)11-15-7-4-3-5-8-15/h3-10,12,14,17-18H,11,13,20H2,1-2H3,(H,22,23). The number of pyridine rings is 1. The van der Waals surface area contributed by atoms with Crippen LogP contribution in [0.25, 0.3) is 0 Å². The van der Waals surface area contributed by atoms with Crippen molar-refractivity contribution < 1.29 is 4.79 Å². The molecule has 0 saturated heterocycles. The van der Waals surface area contributed by atoms with E-state index < -0.39 is 6.04 Å². The van der Waals surface area contributed by atoms with Crippen molar-refractivity contribution in [3.05, 3.63) is 66.0 Å². The molecule has 0 aliphatic heterocycles. The van der Waals surface area contributed by atoms with Gasteiger partial charge >= 0.3 is 0 Å². The number of hydrogen-bond acceptors (Lipinski definition) is 3. The van der Waals surface area contributed by atoms with Gasteiger partial charge in [-0.3, -0.25) is 9.78 Å². The number of carbonyl (C=O) groups is 1. The Bertz CT molecular complexity index is 599. The second kappa shape index (κ2) is 8.44. The number of carbonyl (C=O) groups excluding carboxylic acids is 1. The summed E-state index contributed by atoms with van der Waals surface area (Å²) >= 11 is 0. The van der Waals surface area contributed by atoms with Crippen LogP contribution in [0.1, 0.15) is 30.9 Å². The lowest BCUT2D eigenvalue weighted by molar-refractivity contribution is -0.122. The lowest BCUT2D eigenvalue weighted by atomic mass is 9.89. The Kier molecular flexibility index (Phi) is 6.29. The first-order valence-electron chi connectivity index (χ1n) is 8.05. The predicted octanol–water partition coefficient (Wildman–Crippen LogP) is 2.51. The molecule has 0 bridgehead atoms. The van der Waals surface area contributed by atoms with Gasteiger partial charge in [0.15, 0.2) is 0 Å². The van der Waals surface area contributed by atoms with E-state index in [0.717, 1.165) is 11.1 Å². The SMILES string of the molecule is CC(C)C(CNC(=O)C(N)Cc1ccccc1)c1cccnc1. The lowest BCUT2D eigenvalue weighted by Gasteiger charge is -2.22. The normalized spacial score (nSPS) is 13.6. The molecule has 4 nitrogen and oxygen atoms in total. The summed E-state index contributed by atoms with van der Waals surface area (Å²) in [5, 5.41) is 2.99. The van der Waals surface area contributed by atoms with Crippen LogP contribution in [0.2, 0.25) is 0 Å². The first-order chi connectivity index (χ1) is 11.1. The molecule has 2 rings (SSSR count). The van der Waals surface area contributed by atoms with Crippen molar-refractivity contribution in [2.24, 2.45) is 11.7 Å². The third-order valence-electron chi connectivity index (χ3n) is 4.05. The van der Waals surface area contributed by atoms with Gasteiger partial charge in [-0.1, -0.05) is 50.2 Å². The van der Waals surface area contributed by atoms with Crippen molar-refractivity contribution in [1.29, 1.82) is 0 Å². The van der Waals surface area contributed by atoms with Crippen LogP contribution in [-0.4, -0.2) is 23.5 Å². The fraction of sp³-hybridized carbons (Fsp3) is 0.368. The predicted molar refractivity (Wildman–Crippen MR) is 92.9 cm³/mol. The third-order valence-corrected chi connectivity index (χ3v) is 4.05. The van der Waals surface area contributed by atoms with Gasteiger partial charge in [-0.2, -0.15) is 0 Å². The molecule has 0 radical (unpaired) electrons. The highest BCUT2D eigenvalue weighted by molar-refractivity contribution is 5.81. The van der Waals surface area contributed by atoms with Crippen molar-refractivity contribution in [2.45, 2.75) is 32.2 Å². The average Bonchev–Trinajstić information content (AvgIpc) is 2.56. The fourth-order valence-electron chi connectivity index (χ4n) is 2.64. The number of nitrogens with one attached hydrogen (secondary N) is 1. The zero-order valence-corrected chi connectivity index (χ0v) is 13.8. The number of hydrogen-bond donors (Lipinski definition) is 2. The van der Waals surface area contributed by atoms with Crippen molar-refractivity contribution >= 4 is 5.91 Å². The zero-order valence-electron chi connectivity index (χ0n) is 13.8. The van der Waals surface area contributed by atoms with Crippen LogP contribution < -0.4 is 11.1 Å². The molecule has 1 amide bonds. The highest BCUT2D eigenvalue weighted by Gasteiger charge is 2.19. The van der Waals surface area contributed by atoms with Gasteiger partial charge in [-0.05, 0) is 29.5 Å². The molecule has 1 heterocycles. The van der Waals surface area contributed by atoms with Gasteiger partial charge in [-0.15, -0.1) is 0 Å². The molecule has 0 aliphatic rings. The van der Waals surface area contributed by atoms with E-state index in [2.05, 4.69) is 24.1 Å². The van der Waals surface area contributed by atoms with Crippen LogP contribution in [0.3, 0.4) is 0 Å². The van der Waals surface area contributed by atoms with Gasteiger partial charge in [0, 0.05) is 24.9 Å². The number of benzene rings is 1. The molecule has 0 saturated carbocycles. The summed E-state index contributed by atoms with van der Waals surface area (Å²) in [7, 11) is 0. The summed E-state index contributed by atoms with van der Waals surface area (Å²) in [6.45, 7) is 4.87. The summed E-state index contributed by atoms with van der Waals surface area (Å²) in [6, 6.07) is 13.3. The molecule has 2 atom stereocenters. The Hall–Kier alpha value is -2.20. The van der Waals surface area contributed by atoms with Gasteiger partial charge in [0.25, 0.3) is 0 Å². The molecular formula is C19H25N3O. The molecule has 0 aliphatic carbocycles. The molecular weight excluding hydrogens is 286 g/mol. The molecule has 2 unspecified atom stereocenters. The van der Waals surface area contributed by atoms with Gasteiger partial charge in [0.1, 0.15) is 0 Å². The maximum Gasteiger partial charge on any atom is 0.237 e. The van der Waals surface area contributed by atoms with E-state index in [1.165, 1.54) is 0 Å². The van der Waals surface area contributed by atoms with E-state index >= 15 is 0 Å². The average molecular weight is 311 g/mol. The number of aromatic nitrogens is 1. The monoisotopic (exact) mass is 311 g/mol. The van der Waals surface area contributed by atoms with E-state index in [9.17, 15) is 4.79 Å². The second-order valence-electron chi connectivity index (χ2n) is 6.18. The molecule has 23 heavy (non-hydrogen) atoms. The van der Waals surface area contributed by atoms with E-state index in [0.29, 0.717) is 18.9 Å². The Morgan fingerprint density at radius 3 is 2.52 bits per heavy atom. The molecule has 3 N–H and O–H groups in total. The van der Waals surface area contributed by atoms with E-state index in [1.807, 2.05) is 48.7 Å². The van der Waals surface area contributed by atoms with Gasteiger partial charge in [-0.25, -0.2) is 0 Å². The lowest BCUT2D eigenvalue weighted by Crippen LogP contribution is -2.43. The van der Waals surface area contributed by atoms with E-state index in [1.54, 1.807) is 6.20 Å². The Morgan fingerprint density at radius 2 is 1.91 bits per heavy atom. The maximum atomic E-state index is 12.3. The van der Waals surface area contributed by atoms with Crippen LogP contribution in [0.15, 0.2) is 54.9 Å². The molecule has 0 spiro atoms. The Morgan fingerprint density at radius 1 is 1.17 bits per heavy atom. The van der Waals surface area contributed by atoms with Gasteiger partial charge in [0.05, 0.1) is 6.04 Å². The molecule has 2 aromatic rings. The van der Waals surface area contributed by atoms with Crippen LogP contribution in [0.4, 0.5) is 0 Å².